The Kier molecular flexibility index (Phi) is 7.04. The van der Waals surface area contributed by atoms with Crippen LogP contribution >= 0.6 is 0 Å². The molecule has 0 aromatic heterocycles. The van der Waals surface area contributed by atoms with Crippen molar-refractivity contribution in [3.05, 3.63) is 144 Å². The normalized spacial score (nSPS) is 12.6. The highest BCUT2D eigenvalue weighted by atomic mass is 16.1. The SMILES string of the molecule is O=C(C[C@H](c1ccccc1)[C@@H](CC(=O)c1ccccc1)c1ccccc1)c1ccccc1. The number of hydrogen-bond acceptors (Lipinski definition) is 2. The van der Waals surface area contributed by atoms with Gasteiger partial charge in [0.1, 0.15) is 0 Å². The van der Waals surface area contributed by atoms with Crippen molar-refractivity contribution >= 4 is 11.6 Å². The summed E-state index contributed by atoms with van der Waals surface area (Å²) in [6.07, 6.45) is 0.686. The molecule has 0 N–H and O–H groups in total. The minimum Gasteiger partial charge on any atom is -0.294 e. The smallest absolute Gasteiger partial charge is 0.163 e. The Hall–Kier alpha value is -3.78. The first-order valence-corrected chi connectivity index (χ1v) is 11.0. The van der Waals surface area contributed by atoms with Gasteiger partial charge in [0.2, 0.25) is 0 Å². The molecule has 32 heavy (non-hydrogen) atoms. The predicted molar refractivity (Wildman–Crippen MR) is 129 cm³/mol. The molecule has 0 amide bonds. The minimum atomic E-state index is -0.112. The number of carbonyl (C=O) groups is 2. The largest absolute Gasteiger partial charge is 0.294 e. The van der Waals surface area contributed by atoms with Crippen LogP contribution in [-0.2, 0) is 0 Å². The molecule has 0 saturated heterocycles. The Labute approximate surface area is 189 Å². The summed E-state index contributed by atoms with van der Waals surface area (Å²) in [6.45, 7) is 0. The Morgan fingerprint density at radius 3 is 1.03 bits per heavy atom. The van der Waals surface area contributed by atoms with Crippen LogP contribution in [0.5, 0.6) is 0 Å². The van der Waals surface area contributed by atoms with Crippen LogP contribution in [0.25, 0.3) is 0 Å². The molecule has 4 aromatic rings. The molecule has 2 nitrogen and oxygen atoms in total. The van der Waals surface area contributed by atoms with Crippen LogP contribution in [0.2, 0.25) is 0 Å². The third-order valence-corrected chi connectivity index (χ3v) is 5.94. The van der Waals surface area contributed by atoms with Gasteiger partial charge in [-0.3, -0.25) is 9.59 Å². The van der Waals surface area contributed by atoms with Crippen LogP contribution in [-0.4, -0.2) is 11.6 Å². The van der Waals surface area contributed by atoms with Gasteiger partial charge in [0, 0.05) is 24.0 Å². The summed E-state index contributed by atoms with van der Waals surface area (Å²) in [6, 6.07) is 39.0. The lowest BCUT2D eigenvalue weighted by Gasteiger charge is -2.28. The summed E-state index contributed by atoms with van der Waals surface area (Å²) in [7, 11) is 0. The minimum absolute atomic E-state index is 0.0903. The molecule has 0 heterocycles. The molecule has 0 fully saturated rings. The van der Waals surface area contributed by atoms with Crippen molar-refractivity contribution in [2.75, 3.05) is 0 Å². The molecule has 2 heteroatoms. The van der Waals surface area contributed by atoms with Crippen LogP contribution in [0.15, 0.2) is 121 Å². The van der Waals surface area contributed by atoms with Crippen LogP contribution in [0.3, 0.4) is 0 Å². The maximum atomic E-state index is 13.2. The molecule has 4 rings (SSSR count). The van der Waals surface area contributed by atoms with Crippen molar-refractivity contribution in [3.8, 4) is 0 Å². The van der Waals surface area contributed by atoms with Crippen molar-refractivity contribution in [3.63, 3.8) is 0 Å². The zero-order chi connectivity index (χ0) is 22.2. The lowest BCUT2D eigenvalue weighted by Crippen LogP contribution is -2.19. The second-order valence-corrected chi connectivity index (χ2v) is 8.02. The zero-order valence-corrected chi connectivity index (χ0v) is 17.9. The summed E-state index contributed by atoms with van der Waals surface area (Å²) < 4.78 is 0. The van der Waals surface area contributed by atoms with E-state index in [-0.39, 0.29) is 23.4 Å². The van der Waals surface area contributed by atoms with Gasteiger partial charge in [0.15, 0.2) is 11.6 Å². The van der Waals surface area contributed by atoms with Gasteiger partial charge in [-0.1, -0.05) is 121 Å². The van der Waals surface area contributed by atoms with E-state index in [0.717, 1.165) is 11.1 Å². The van der Waals surface area contributed by atoms with Gasteiger partial charge in [-0.2, -0.15) is 0 Å². The van der Waals surface area contributed by atoms with Gasteiger partial charge in [0.25, 0.3) is 0 Å². The molecule has 0 bridgehead atoms. The highest BCUT2D eigenvalue weighted by molar-refractivity contribution is 5.98. The number of hydrogen-bond donors (Lipinski definition) is 0. The van der Waals surface area contributed by atoms with E-state index in [0.29, 0.717) is 24.0 Å². The molecule has 2 atom stereocenters. The van der Waals surface area contributed by atoms with Crippen molar-refractivity contribution in [1.82, 2.24) is 0 Å². The van der Waals surface area contributed by atoms with E-state index in [9.17, 15) is 9.59 Å². The number of Topliss-reactive ketones (excluding diaryl/α,β-unsaturated/α-hetero) is 2. The summed E-state index contributed by atoms with van der Waals surface area (Å²) in [5.74, 6) is -0.0435. The topological polar surface area (TPSA) is 34.1 Å². The second kappa shape index (κ2) is 10.5. The molecule has 0 saturated carbocycles. The summed E-state index contributed by atoms with van der Waals surface area (Å²) >= 11 is 0. The van der Waals surface area contributed by atoms with Crippen molar-refractivity contribution in [2.24, 2.45) is 0 Å². The summed E-state index contributed by atoms with van der Waals surface area (Å²) in [5.41, 5.74) is 3.56. The molecule has 0 radical (unpaired) electrons. The third kappa shape index (κ3) is 5.28. The van der Waals surface area contributed by atoms with Gasteiger partial charge < -0.3 is 0 Å². The van der Waals surface area contributed by atoms with Crippen LogP contribution in [0, 0.1) is 0 Å². The van der Waals surface area contributed by atoms with E-state index < -0.39 is 0 Å². The first-order chi connectivity index (χ1) is 15.7. The number of rotatable bonds is 9. The van der Waals surface area contributed by atoms with Crippen LogP contribution in [0.4, 0.5) is 0 Å². The van der Waals surface area contributed by atoms with E-state index in [1.165, 1.54) is 0 Å². The maximum absolute atomic E-state index is 13.2. The third-order valence-electron chi connectivity index (χ3n) is 5.94. The molecular weight excluding hydrogens is 392 g/mol. The van der Waals surface area contributed by atoms with E-state index in [2.05, 4.69) is 24.3 Å². The van der Waals surface area contributed by atoms with Gasteiger partial charge in [0.05, 0.1) is 0 Å². The molecule has 158 valence electrons. The van der Waals surface area contributed by atoms with Crippen LogP contribution in [0.1, 0.15) is 56.5 Å². The van der Waals surface area contributed by atoms with E-state index in [1.807, 2.05) is 97.1 Å². The molecule has 0 aliphatic rings. The Morgan fingerprint density at radius 2 is 0.719 bits per heavy atom. The standard InChI is InChI=1S/C30H26O2/c31-29(25-17-9-3-10-18-25)21-27(23-13-5-1-6-14-23)28(24-15-7-2-8-16-24)22-30(32)26-19-11-4-12-20-26/h1-20,27-28H,21-22H2/t27-,28+. The summed E-state index contributed by atoms with van der Waals surface area (Å²) in [4.78, 5) is 26.5. The van der Waals surface area contributed by atoms with Gasteiger partial charge in [-0.05, 0) is 23.0 Å². The fourth-order valence-corrected chi connectivity index (χ4v) is 4.27. The average molecular weight is 419 g/mol. The predicted octanol–water partition coefficient (Wildman–Crippen LogP) is 7.10. The lowest BCUT2D eigenvalue weighted by atomic mass is 9.75. The van der Waals surface area contributed by atoms with Crippen molar-refractivity contribution < 1.29 is 9.59 Å². The molecule has 4 aromatic carbocycles. The highest BCUT2D eigenvalue weighted by Crippen LogP contribution is 2.39. The van der Waals surface area contributed by atoms with Crippen molar-refractivity contribution in [1.29, 1.82) is 0 Å². The lowest BCUT2D eigenvalue weighted by molar-refractivity contribution is 0.0936. The molecule has 0 aliphatic carbocycles. The molecule has 0 spiro atoms. The van der Waals surface area contributed by atoms with Gasteiger partial charge >= 0.3 is 0 Å². The van der Waals surface area contributed by atoms with E-state index in [4.69, 9.17) is 0 Å². The van der Waals surface area contributed by atoms with Gasteiger partial charge in [-0.25, -0.2) is 0 Å². The average Bonchev–Trinajstić information content (AvgIpc) is 2.88. The van der Waals surface area contributed by atoms with Crippen molar-refractivity contribution in [2.45, 2.75) is 24.7 Å². The van der Waals surface area contributed by atoms with Gasteiger partial charge in [-0.15, -0.1) is 0 Å². The Bertz CT molecular complexity index is 1040. The monoisotopic (exact) mass is 418 g/mol. The number of benzene rings is 4. The van der Waals surface area contributed by atoms with E-state index >= 15 is 0 Å². The first kappa shape index (κ1) is 21.5. The Morgan fingerprint density at radius 1 is 0.438 bits per heavy atom. The summed E-state index contributed by atoms with van der Waals surface area (Å²) in [5, 5.41) is 0. The number of carbonyl (C=O) groups excluding carboxylic acids is 2. The second-order valence-electron chi connectivity index (χ2n) is 8.02. The molecule has 0 aliphatic heterocycles. The molecule has 0 unspecified atom stereocenters. The zero-order valence-electron chi connectivity index (χ0n) is 17.9. The quantitative estimate of drug-likeness (QED) is 0.272. The highest BCUT2D eigenvalue weighted by Gasteiger charge is 2.29. The fraction of sp³-hybridized carbons (Fsp3) is 0.133. The number of ketones is 2. The molecular formula is C30H26O2. The maximum Gasteiger partial charge on any atom is 0.163 e. The van der Waals surface area contributed by atoms with E-state index in [1.54, 1.807) is 0 Å². The first-order valence-electron chi connectivity index (χ1n) is 11.0. The Balaban J connectivity index is 1.72. The van der Waals surface area contributed by atoms with Crippen LogP contribution < -0.4 is 0 Å². The fourth-order valence-electron chi connectivity index (χ4n) is 4.27.